The van der Waals surface area contributed by atoms with E-state index in [4.69, 9.17) is 0 Å². The summed E-state index contributed by atoms with van der Waals surface area (Å²) in [5.74, 6) is 0. The molecule has 0 N–H and O–H groups in total. The second kappa shape index (κ2) is 13.2. The summed E-state index contributed by atoms with van der Waals surface area (Å²) in [6.07, 6.45) is 2.32. The molecule has 9 aromatic carbocycles. The third-order valence-corrected chi connectivity index (χ3v) is 12.6. The first-order chi connectivity index (χ1) is 29.3. The zero-order chi connectivity index (χ0) is 38.9. The molecule has 0 amide bonds. The summed E-state index contributed by atoms with van der Waals surface area (Å²) in [6.45, 7) is 0. The van der Waals surface area contributed by atoms with Crippen molar-refractivity contribution in [1.29, 1.82) is 0 Å². The summed E-state index contributed by atoms with van der Waals surface area (Å²) in [4.78, 5) is 0. The highest BCUT2D eigenvalue weighted by atomic mass is 15.0. The van der Waals surface area contributed by atoms with Crippen molar-refractivity contribution in [3.05, 3.63) is 253 Å². The molecule has 0 saturated heterocycles. The topological polar surface area (TPSA) is 9.86 Å². The van der Waals surface area contributed by atoms with Gasteiger partial charge in [0.15, 0.2) is 0 Å². The minimum atomic E-state index is -0.459. The maximum absolute atomic E-state index is 2.49. The summed E-state index contributed by atoms with van der Waals surface area (Å²) in [6, 6.07) is 82.4. The molecule has 0 unspecified atom stereocenters. The van der Waals surface area contributed by atoms with Crippen LogP contribution < -0.4 is 0 Å². The summed E-state index contributed by atoms with van der Waals surface area (Å²) in [5, 5.41) is 3.70. The molecule has 59 heavy (non-hydrogen) atoms. The average molecular weight is 751 g/mol. The van der Waals surface area contributed by atoms with E-state index in [1.165, 1.54) is 88.3 Å². The number of fused-ring (bicyclic) bond motifs is 8. The van der Waals surface area contributed by atoms with E-state index in [1.807, 2.05) is 0 Å². The van der Waals surface area contributed by atoms with E-state index in [1.54, 1.807) is 0 Å². The van der Waals surface area contributed by atoms with Gasteiger partial charge in [0.2, 0.25) is 0 Å². The second-order valence-corrected chi connectivity index (χ2v) is 15.7. The maximum atomic E-state index is 2.49. The third kappa shape index (κ3) is 4.93. The van der Waals surface area contributed by atoms with Gasteiger partial charge in [-0.3, -0.25) is 0 Å². The normalized spacial score (nSPS) is 12.9. The number of nitrogens with zero attached hydrogens (tertiary/aromatic N) is 2. The smallest absolute Gasteiger partial charge is 0.0788 e. The fourth-order valence-corrected chi connectivity index (χ4v) is 10.1. The van der Waals surface area contributed by atoms with Crippen molar-refractivity contribution < 1.29 is 0 Å². The van der Waals surface area contributed by atoms with E-state index in [2.05, 4.69) is 240 Å². The van der Waals surface area contributed by atoms with Crippen LogP contribution in [0.5, 0.6) is 0 Å². The van der Waals surface area contributed by atoms with Gasteiger partial charge in [-0.2, -0.15) is 0 Å². The van der Waals surface area contributed by atoms with Crippen LogP contribution in [-0.4, -0.2) is 9.13 Å². The van der Waals surface area contributed by atoms with Gasteiger partial charge in [-0.15, -0.1) is 0 Å². The molecular formula is C57H38N2. The molecular weight excluding hydrogens is 713 g/mol. The van der Waals surface area contributed by atoms with E-state index in [-0.39, 0.29) is 0 Å². The first-order valence-electron chi connectivity index (χ1n) is 20.4. The van der Waals surface area contributed by atoms with Gasteiger partial charge < -0.3 is 9.13 Å². The molecule has 1 aliphatic carbocycles. The molecule has 2 aromatic heterocycles. The molecule has 2 heterocycles. The van der Waals surface area contributed by atoms with Crippen molar-refractivity contribution in [2.75, 3.05) is 0 Å². The largest absolute Gasteiger partial charge is 0.314 e. The van der Waals surface area contributed by atoms with Crippen molar-refractivity contribution in [2.45, 2.75) is 5.41 Å². The van der Waals surface area contributed by atoms with E-state index >= 15 is 0 Å². The summed E-state index contributed by atoms with van der Waals surface area (Å²) < 4.78 is 4.89. The predicted octanol–water partition coefficient (Wildman–Crippen LogP) is 14.4. The number of para-hydroxylation sites is 2. The van der Waals surface area contributed by atoms with Crippen LogP contribution in [0.2, 0.25) is 0 Å². The highest BCUT2D eigenvalue weighted by Gasteiger charge is 2.46. The Kier molecular flexibility index (Phi) is 7.48. The van der Waals surface area contributed by atoms with Crippen molar-refractivity contribution >= 4 is 32.7 Å². The van der Waals surface area contributed by atoms with Crippen LogP contribution in [0.15, 0.2) is 231 Å². The Hall–Kier alpha value is -7.68. The van der Waals surface area contributed by atoms with Gasteiger partial charge in [0.05, 0.1) is 22.0 Å². The average Bonchev–Trinajstić information content (AvgIpc) is 3.97. The van der Waals surface area contributed by atoms with E-state index in [0.717, 1.165) is 11.4 Å². The SMILES string of the molecule is c1ccc(-c2cn(-c3ccccc3)c3c2ccc2c4ccccc4n(-c4cccc(-c5ccc6c(c5)C(c5ccccc5)(c5ccccc5)c5ccccc5-6)c4)c23)cc1. The van der Waals surface area contributed by atoms with Crippen LogP contribution in [0.1, 0.15) is 22.3 Å². The molecule has 0 bridgehead atoms. The van der Waals surface area contributed by atoms with Gasteiger partial charge in [-0.1, -0.05) is 188 Å². The minimum Gasteiger partial charge on any atom is -0.314 e. The summed E-state index contributed by atoms with van der Waals surface area (Å²) >= 11 is 0. The second-order valence-electron chi connectivity index (χ2n) is 15.7. The standard InChI is InChI=1S/C57H38N2/c1-5-18-39(19-6-1)51-38-58(44-25-11-4-12-26-44)55-50(51)35-34-49-48-29-14-16-31-54(48)59(56(49)55)45-27-17-20-40(36-45)41-32-33-47-46-28-13-15-30-52(46)57(53(47)37-41,42-21-7-2-8-22-42)43-23-9-3-10-24-43/h1-38H. The Morgan fingerprint density at radius 2 is 0.898 bits per heavy atom. The third-order valence-electron chi connectivity index (χ3n) is 12.6. The number of rotatable bonds is 6. The fourth-order valence-electron chi connectivity index (χ4n) is 10.1. The summed E-state index contributed by atoms with van der Waals surface area (Å²) in [7, 11) is 0. The van der Waals surface area contributed by atoms with Crippen LogP contribution >= 0.6 is 0 Å². The lowest BCUT2D eigenvalue weighted by molar-refractivity contribution is 0.769. The van der Waals surface area contributed by atoms with Crippen LogP contribution in [0.4, 0.5) is 0 Å². The molecule has 1 aliphatic rings. The van der Waals surface area contributed by atoms with Crippen molar-refractivity contribution in [3.63, 3.8) is 0 Å². The quantitative estimate of drug-likeness (QED) is 0.160. The highest BCUT2D eigenvalue weighted by molar-refractivity contribution is 6.20. The maximum Gasteiger partial charge on any atom is 0.0788 e. The molecule has 11 aromatic rings. The first kappa shape index (κ1) is 33.5. The molecule has 0 aliphatic heterocycles. The lowest BCUT2D eigenvalue weighted by atomic mass is 9.67. The molecule has 2 nitrogen and oxygen atoms in total. The Morgan fingerprint density at radius 3 is 1.66 bits per heavy atom. The zero-order valence-corrected chi connectivity index (χ0v) is 32.3. The predicted molar refractivity (Wildman–Crippen MR) is 246 cm³/mol. The molecule has 12 rings (SSSR count). The van der Waals surface area contributed by atoms with Gasteiger partial charge >= 0.3 is 0 Å². The van der Waals surface area contributed by atoms with Gasteiger partial charge in [-0.25, -0.2) is 0 Å². The Balaban J connectivity index is 1.11. The van der Waals surface area contributed by atoms with Crippen LogP contribution in [-0.2, 0) is 5.41 Å². The molecule has 0 spiro atoms. The fraction of sp³-hybridized carbons (Fsp3) is 0.0175. The van der Waals surface area contributed by atoms with Crippen LogP contribution in [0.25, 0.3) is 77.5 Å². The van der Waals surface area contributed by atoms with E-state index < -0.39 is 5.41 Å². The van der Waals surface area contributed by atoms with Gasteiger partial charge in [0.25, 0.3) is 0 Å². The molecule has 0 saturated carbocycles. The number of hydrogen-bond donors (Lipinski definition) is 0. The Morgan fingerprint density at radius 1 is 0.322 bits per heavy atom. The molecule has 2 heteroatoms. The molecule has 0 atom stereocenters. The van der Waals surface area contributed by atoms with Crippen LogP contribution in [0.3, 0.4) is 0 Å². The van der Waals surface area contributed by atoms with Gasteiger partial charge in [0.1, 0.15) is 0 Å². The molecule has 0 radical (unpaired) electrons. The van der Waals surface area contributed by atoms with E-state index in [9.17, 15) is 0 Å². The monoisotopic (exact) mass is 750 g/mol. The minimum absolute atomic E-state index is 0.459. The highest BCUT2D eigenvalue weighted by Crippen LogP contribution is 2.56. The van der Waals surface area contributed by atoms with Crippen LogP contribution in [0, 0.1) is 0 Å². The number of aromatic nitrogens is 2. The van der Waals surface area contributed by atoms with E-state index in [0.29, 0.717) is 0 Å². The zero-order valence-electron chi connectivity index (χ0n) is 32.3. The lowest BCUT2D eigenvalue weighted by Gasteiger charge is -2.34. The van der Waals surface area contributed by atoms with Crippen molar-refractivity contribution in [2.24, 2.45) is 0 Å². The van der Waals surface area contributed by atoms with Gasteiger partial charge in [-0.05, 0) is 86.5 Å². The first-order valence-corrected chi connectivity index (χ1v) is 20.4. The number of benzene rings is 9. The lowest BCUT2D eigenvalue weighted by Crippen LogP contribution is -2.28. The molecule has 276 valence electrons. The Bertz CT molecular complexity index is 3320. The molecule has 0 fully saturated rings. The van der Waals surface area contributed by atoms with Crippen molar-refractivity contribution in [3.8, 4) is 44.8 Å². The van der Waals surface area contributed by atoms with Crippen molar-refractivity contribution in [1.82, 2.24) is 9.13 Å². The summed E-state index contributed by atoms with van der Waals surface area (Å²) in [5.41, 5.74) is 17.9. The van der Waals surface area contributed by atoms with Gasteiger partial charge in [0, 0.05) is 39.3 Å². The number of hydrogen-bond acceptors (Lipinski definition) is 0. The Labute approximate surface area is 343 Å².